The molecule has 0 radical (unpaired) electrons. The second-order valence-corrected chi connectivity index (χ2v) is 5.24. The van der Waals surface area contributed by atoms with Crippen molar-refractivity contribution in [3.8, 4) is 0 Å². The quantitative estimate of drug-likeness (QED) is 0.912. The molecule has 0 saturated carbocycles. The van der Waals surface area contributed by atoms with E-state index in [1.54, 1.807) is 0 Å². The van der Waals surface area contributed by atoms with E-state index in [4.69, 9.17) is 9.47 Å². The zero-order chi connectivity index (χ0) is 12.4. The lowest BCUT2D eigenvalue weighted by atomic mass is 9.97. The molecule has 1 aliphatic rings. The van der Waals surface area contributed by atoms with E-state index in [2.05, 4.69) is 15.9 Å². The van der Waals surface area contributed by atoms with Crippen LogP contribution in [0.1, 0.15) is 22.8 Å². The zero-order valence-corrected chi connectivity index (χ0v) is 11.7. The van der Waals surface area contributed by atoms with Crippen LogP contribution in [0.5, 0.6) is 0 Å². The van der Waals surface area contributed by atoms with Crippen LogP contribution in [-0.2, 0) is 9.47 Å². The van der Waals surface area contributed by atoms with Crippen LogP contribution in [0, 0.1) is 13.8 Å². The zero-order valence-electron chi connectivity index (χ0n) is 10.1. The minimum Gasteiger partial charge on any atom is -0.386 e. The van der Waals surface area contributed by atoms with Gasteiger partial charge in [-0.15, -0.1) is 0 Å². The van der Waals surface area contributed by atoms with E-state index in [1.807, 2.05) is 26.0 Å². The normalized spacial score (nSPS) is 22.5. The Morgan fingerprint density at radius 2 is 2.06 bits per heavy atom. The Labute approximate surface area is 110 Å². The molecule has 1 fully saturated rings. The number of halogens is 1. The number of aryl methyl sites for hydroxylation is 2. The van der Waals surface area contributed by atoms with Crippen LogP contribution in [0.4, 0.5) is 0 Å². The molecule has 0 aromatic heterocycles. The van der Waals surface area contributed by atoms with Gasteiger partial charge in [0.25, 0.3) is 0 Å². The van der Waals surface area contributed by atoms with Crippen molar-refractivity contribution in [3.05, 3.63) is 33.3 Å². The molecule has 0 spiro atoms. The predicted molar refractivity (Wildman–Crippen MR) is 69.1 cm³/mol. The first-order valence-corrected chi connectivity index (χ1v) is 6.53. The first-order chi connectivity index (χ1) is 8.09. The summed E-state index contributed by atoms with van der Waals surface area (Å²) in [6.45, 7) is 5.62. The number of aliphatic hydroxyl groups excluding tert-OH is 1. The maximum atomic E-state index is 10.3. The molecule has 4 heteroatoms. The second kappa shape index (κ2) is 5.48. The average molecular weight is 301 g/mol. The fraction of sp³-hybridized carbons (Fsp3) is 0.538. The third kappa shape index (κ3) is 2.88. The fourth-order valence-corrected chi connectivity index (χ4v) is 2.47. The van der Waals surface area contributed by atoms with Gasteiger partial charge in [0.15, 0.2) is 0 Å². The standard InChI is InChI=1S/C13H17BrO3/c1-8-6-11(14)9(2)5-10(8)13(15)12-7-16-3-4-17-12/h5-6,12-13,15H,3-4,7H2,1-2H3. The Morgan fingerprint density at radius 1 is 1.29 bits per heavy atom. The molecule has 94 valence electrons. The lowest BCUT2D eigenvalue weighted by Gasteiger charge is -2.28. The van der Waals surface area contributed by atoms with Gasteiger partial charge < -0.3 is 14.6 Å². The molecule has 0 amide bonds. The van der Waals surface area contributed by atoms with Crippen molar-refractivity contribution in [2.75, 3.05) is 19.8 Å². The van der Waals surface area contributed by atoms with Crippen molar-refractivity contribution in [2.24, 2.45) is 0 Å². The van der Waals surface area contributed by atoms with Crippen molar-refractivity contribution in [1.82, 2.24) is 0 Å². The first-order valence-electron chi connectivity index (χ1n) is 5.73. The molecule has 2 unspecified atom stereocenters. The van der Waals surface area contributed by atoms with Crippen molar-refractivity contribution in [1.29, 1.82) is 0 Å². The molecule has 0 aliphatic carbocycles. The van der Waals surface area contributed by atoms with Crippen LogP contribution in [-0.4, -0.2) is 31.0 Å². The summed E-state index contributed by atoms with van der Waals surface area (Å²) in [6, 6.07) is 4.03. The lowest BCUT2D eigenvalue weighted by Crippen LogP contribution is -2.34. The van der Waals surface area contributed by atoms with Gasteiger partial charge in [-0.25, -0.2) is 0 Å². The first kappa shape index (κ1) is 13.0. The minimum atomic E-state index is -0.623. The van der Waals surface area contributed by atoms with Gasteiger partial charge in [-0.2, -0.15) is 0 Å². The van der Waals surface area contributed by atoms with Crippen molar-refractivity contribution >= 4 is 15.9 Å². The maximum absolute atomic E-state index is 10.3. The van der Waals surface area contributed by atoms with E-state index >= 15 is 0 Å². The topological polar surface area (TPSA) is 38.7 Å². The van der Waals surface area contributed by atoms with Crippen LogP contribution < -0.4 is 0 Å². The summed E-state index contributed by atoms with van der Waals surface area (Å²) < 4.78 is 11.9. The molecule has 3 nitrogen and oxygen atoms in total. The van der Waals surface area contributed by atoms with Crippen LogP contribution in [0.3, 0.4) is 0 Å². The van der Waals surface area contributed by atoms with Gasteiger partial charge in [0.05, 0.1) is 19.8 Å². The number of aliphatic hydroxyl groups is 1. The Kier molecular flexibility index (Phi) is 4.20. The molecule has 1 aromatic rings. The van der Waals surface area contributed by atoms with E-state index < -0.39 is 6.10 Å². The van der Waals surface area contributed by atoms with E-state index in [-0.39, 0.29) is 6.10 Å². The highest BCUT2D eigenvalue weighted by atomic mass is 79.9. The molecule has 1 saturated heterocycles. The highest BCUT2D eigenvalue weighted by molar-refractivity contribution is 9.10. The van der Waals surface area contributed by atoms with Crippen LogP contribution in [0.2, 0.25) is 0 Å². The number of hydrogen-bond acceptors (Lipinski definition) is 3. The predicted octanol–water partition coefficient (Wildman–Crippen LogP) is 2.51. The summed E-state index contributed by atoms with van der Waals surface area (Å²) in [5, 5.41) is 10.3. The Bertz CT molecular complexity index is 400. The van der Waals surface area contributed by atoms with E-state index in [9.17, 15) is 5.11 Å². The molecule has 0 bridgehead atoms. The van der Waals surface area contributed by atoms with Crippen molar-refractivity contribution < 1.29 is 14.6 Å². The molecule has 2 rings (SSSR count). The van der Waals surface area contributed by atoms with Gasteiger partial charge in [-0.05, 0) is 36.6 Å². The number of hydrogen-bond donors (Lipinski definition) is 1. The molecule has 17 heavy (non-hydrogen) atoms. The molecule has 1 aliphatic heterocycles. The van der Waals surface area contributed by atoms with Gasteiger partial charge >= 0.3 is 0 Å². The van der Waals surface area contributed by atoms with Crippen molar-refractivity contribution in [2.45, 2.75) is 26.1 Å². The van der Waals surface area contributed by atoms with Gasteiger partial charge in [0, 0.05) is 4.47 Å². The summed E-state index contributed by atoms with van der Waals surface area (Å²) in [5.41, 5.74) is 3.09. The molecular formula is C13H17BrO3. The van der Waals surface area contributed by atoms with E-state index in [0.717, 1.165) is 21.2 Å². The van der Waals surface area contributed by atoms with Crippen molar-refractivity contribution in [3.63, 3.8) is 0 Å². The minimum absolute atomic E-state index is 0.261. The maximum Gasteiger partial charge on any atom is 0.111 e. The van der Waals surface area contributed by atoms with Gasteiger partial charge in [0.1, 0.15) is 12.2 Å². The number of benzene rings is 1. The van der Waals surface area contributed by atoms with E-state index in [1.165, 1.54) is 0 Å². The molecule has 1 N–H and O–H groups in total. The third-order valence-corrected chi connectivity index (χ3v) is 3.91. The highest BCUT2D eigenvalue weighted by Crippen LogP contribution is 2.28. The third-order valence-electron chi connectivity index (χ3n) is 3.06. The fourth-order valence-electron chi connectivity index (χ4n) is 2.01. The summed E-state index contributed by atoms with van der Waals surface area (Å²) >= 11 is 3.49. The van der Waals surface area contributed by atoms with Gasteiger partial charge in [0.2, 0.25) is 0 Å². The smallest absolute Gasteiger partial charge is 0.111 e. The largest absolute Gasteiger partial charge is 0.386 e. The lowest BCUT2D eigenvalue weighted by molar-refractivity contribution is -0.133. The Morgan fingerprint density at radius 3 is 2.71 bits per heavy atom. The van der Waals surface area contributed by atoms with Crippen LogP contribution >= 0.6 is 15.9 Å². The molecule has 1 aromatic carbocycles. The monoisotopic (exact) mass is 300 g/mol. The number of ether oxygens (including phenoxy) is 2. The summed E-state index contributed by atoms with van der Waals surface area (Å²) in [5.74, 6) is 0. The Hall–Kier alpha value is -0.420. The van der Waals surface area contributed by atoms with Gasteiger partial charge in [-0.1, -0.05) is 22.0 Å². The molecule has 2 atom stereocenters. The summed E-state index contributed by atoms with van der Waals surface area (Å²) in [6.07, 6.45) is -0.884. The van der Waals surface area contributed by atoms with Crippen LogP contribution in [0.25, 0.3) is 0 Å². The van der Waals surface area contributed by atoms with Crippen LogP contribution in [0.15, 0.2) is 16.6 Å². The average Bonchev–Trinajstić information content (AvgIpc) is 2.34. The highest BCUT2D eigenvalue weighted by Gasteiger charge is 2.26. The Balaban J connectivity index is 2.23. The van der Waals surface area contributed by atoms with E-state index in [0.29, 0.717) is 19.8 Å². The summed E-state index contributed by atoms with van der Waals surface area (Å²) in [7, 11) is 0. The van der Waals surface area contributed by atoms with Gasteiger partial charge in [-0.3, -0.25) is 0 Å². The summed E-state index contributed by atoms with van der Waals surface area (Å²) in [4.78, 5) is 0. The second-order valence-electron chi connectivity index (χ2n) is 4.39. The number of rotatable bonds is 2. The molecule has 1 heterocycles. The SMILES string of the molecule is Cc1cc(C(O)C2COCCO2)c(C)cc1Br. The molecular weight excluding hydrogens is 284 g/mol.